The van der Waals surface area contributed by atoms with E-state index in [1.165, 1.54) is 18.4 Å². The Balaban J connectivity index is 2.20. The summed E-state index contributed by atoms with van der Waals surface area (Å²) < 4.78 is 27.9. The van der Waals surface area contributed by atoms with E-state index in [-0.39, 0.29) is 6.04 Å². The molecule has 0 spiro atoms. The van der Waals surface area contributed by atoms with Gasteiger partial charge in [-0.15, -0.1) is 0 Å². The quantitative estimate of drug-likeness (QED) is 0.823. The Hall–Kier alpha value is -0.700. The summed E-state index contributed by atoms with van der Waals surface area (Å²) >= 11 is 6.35. The van der Waals surface area contributed by atoms with Gasteiger partial charge < -0.3 is 4.90 Å². The van der Waals surface area contributed by atoms with Crippen molar-refractivity contribution in [2.45, 2.75) is 6.04 Å². The minimum absolute atomic E-state index is 0.0767. The highest BCUT2D eigenvalue weighted by atomic mass is 35.5. The van der Waals surface area contributed by atoms with Crippen molar-refractivity contribution >= 4 is 21.8 Å². The number of likely N-dealkylation sites (N-methyl/N-ethyl adjacent to an activating group) is 1. The molecule has 1 saturated heterocycles. The molecule has 1 aliphatic heterocycles. The Morgan fingerprint density at radius 2 is 1.83 bits per heavy atom. The third-order valence-corrected chi connectivity index (χ3v) is 6.02. The molecule has 1 heterocycles. The molecule has 130 valence electrons. The van der Waals surface area contributed by atoms with Gasteiger partial charge in [-0.3, -0.25) is 4.90 Å². The van der Waals surface area contributed by atoms with Gasteiger partial charge in [0.1, 0.15) is 0 Å². The van der Waals surface area contributed by atoms with Crippen LogP contribution in [0.3, 0.4) is 0 Å². The molecule has 1 aliphatic rings. The normalized spacial score (nSPS) is 19.2. The van der Waals surface area contributed by atoms with Gasteiger partial charge in [0.25, 0.3) is 10.2 Å². The molecule has 1 atom stereocenters. The fourth-order valence-corrected chi connectivity index (χ4v) is 3.52. The topological polar surface area (TPSA) is 55.9 Å². The van der Waals surface area contributed by atoms with E-state index in [9.17, 15) is 8.42 Å². The summed E-state index contributed by atoms with van der Waals surface area (Å²) in [5, 5.41) is 0.667. The maximum Gasteiger partial charge on any atom is 0.278 e. The largest absolute Gasteiger partial charge is 0.304 e. The van der Waals surface area contributed by atoms with Crippen molar-refractivity contribution in [1.82, 2.24) is 18.8 Å². The van der Waals surface area contributed by atoms with Gasteiger partial charge >= 0.3 is 0 Å². The lowest BCUT2D eigenvalue weighted by atomic mass is 10.0. The molecule has 8 heteroatoms. The van der Waals surface area contributed by atoms with E-state index >= 15 is 0 Å². The first kappa shape index (κ1) is 18.6. The van der Waals surface area contributed by atoms with Gasteiger partial charge in [0.15, 0.2) is 0 Å². The summed E-state index contributed by atoms with van der Waals surface area (Å²) in [4.78, 5) is 4.56. The van der Waals surface area contributed by atoms with Crippen molar-refractivity contribution in [2.24, 2.45) is 0 Å². The molecule has 1 fully saturated rings. The minimum atomic E-state index is -3.46. The second-order valence-electron chi connectivity index (χ2n) is 6.01. The summed E-state index contributed by atoms with van der Waals surface area (Å²) in [6.07, 6.45) is 0. The fourth-order valence-electron chi connectivity index (χ4n) is 2.63. The molecule has 0 radical (unpaired) electrons. The average molecular weight is 361 g/mol. The Morgan fingerprint density at radius 3 is 2.39 bits per heavy atom. The van der Waals surface area contributed by atoms with Crippen LogP contribution in [0.5, 0.6) is 0 Å². The van der Waals surface area contributed by atoms with Crippen molar-refractivity contribution in [3.05, 3.63) is 34.9 Å². The van der Waals surface area contributed by atoms with E-state index in [2.05, 4.69) is 21.6 Å². The van der Waals surface area contributed by atoms with Crippen LogP contribution in [0.15, 0.2) is 24.3 Å². The first-order valence-electron chi connectivity index (χ1n) is 7.65. The number of nitrogens with one attached hydrogen (secondary N) is 1. The van der Waals surface area contributed by atoms with Crippen LogP contribution in [0.1, 0.15) is 11.6 Å². The van der Waals surface area contributed by atoms with E-state index in [0.717, 1.165) is 31.7 Å². The second kappa shape index (κ2) is 7.92. The molecule has 2 rings (SSSR count). The van der Waals surface area contributed by atoms with E-state index in [0.29, 0.717) is 11.6 Å². The maximum atomic E-state index is 12.0. The van der Waals surface area contributed by atoms with Crippen LogP contribution in [-0.2, 0) is 10.2 Å². The van der Waals surface area contributed by atoms with Crippen molar-refractivity contribution in [3.8, 4) is 0 Å². The first-order valence-corrected chi connectivity index (χ1v) is 9.47. The highest BCUT2D eigenvalue weighted by Crippen LogP contribution is 2.28. The summed E-state index contributed by atoms with van der Waals surface area (Å²) in [6, 6.07) is 7.56. The van der Waals surface area contributed by atoms with E-state index in [1.54, 1.807) is 0 Å². The zero-order chi connectivity index (χ0) is 17.0. The van der Waals surface area contributed by atoms with Gasteiger partial charge in [-0.25, -0.2) is 4.72 Å². The number of hydrogen-bond acceptors (Lipinski definition) is 4. The predicted octanol–water partition coefficient (Wildman–Crippen LogP) is 1.02. The Labute approximate surface area is 144 Å². The van der Waals surface area contributed by atoms with Gasteiger partial charge in [0, 0.05) is 57.9 Å². The minimum Gasteiger partial charge on any atom is -0.304 e. The lowest BCUT2D eigenvalue weighted by Crippen LogP contribution is -2.49. The summed E-state index contributed by atoms with van der Waals surface area (Å²) in [5.74, 6) is 0. The molecular formula is C15H25ClN4O2S. The summed E-state index contributed by atoms with van der Waals surface area (Å²) in [6.45, 7) is 3.99. The third kappa shape index (κ3) is 4.89. The highest BCUT2D eigenvalue weighted by Gasteiger charge is 2.27. The van der Waals surface area contributed by atoms with E-state index in [4.69, 9.17) is 11.6 Å². The first-order chi connectivity index (χ1) is 10.8. The monoisotopic (exact) mass is 360 g/mol. The number of rotatable bonds is 6. The molecule has 0 amide bonds. The molecule has 1 aromatic carbocycles. The van der Waals surface area contributed by atoms with Crippen molar-refractivity contribution in [2.75, 3.05) is 53.9 Å². The number of piperazine rings is 1. The van der Waals surface area contributed by atoms with Crippen LogP contribution in [0, 0.1) is 0 Å². The molecule has 6 nitrogen and oxygen atoms in total. The van der Waals surface area contributed by atoms with E-state index < -0.39 is 10.2 Å². The Kier molecular flexibility index (Phi) is 6.41. The smallest absolute Gasteiger partial charge is 0.278 e. The second-order valence-corrected chi connectivity index (χ2v) is 8.39. The van der Waals surface area contributed by atoms with Crippen LogP contribution in [0.25, 0.3) is 0 Å². The van der Waals surface area contributed by atoms with Crippen molar-refractivity contribution in [1.29, 1.82) is 0 Å². The predicted molar refractivity (Wildman–Crippen MR) is 93.9 cm³/mol. The Morgan fingerprint density at radius 1 is 1.22 bits per heavy atom. The van der Waals surface area contributed by atoms with Crippen LogP contribution < -0.4 is 4.72 Å². The Bertz CT molecular complexity index is 616. The standard InChI is InChI=1S/C15H25ClN4O2S/c1-18(2)23(21,22)17-12-15(13-6-4-5-7-14(13)16)20-10-8-19(3)9-11-20/h4-7,15,17H,8-12H2,1-3H3. The SMILES string of the molecule is CN1CCN(C(CNS(=O)(=O)N(C)C)c2ccccc2Cl)CC1. The average Bonchev–Trinajstić information content (AvgIpc) is 2.50. The van der Waals surface area contributed by atoms with Gasteiger partial charge in [-0.05, 0) is 18.7 Å². The fraction of sp³-hybridized carbons (Fsp3) is 0.600. The van der Waals surface area contributed by atoms with Gasteiger partial charge in [-0.2, -0.15) is 12.7 Å². The molecule has 0 aliphatic carbocycles. The van der Waals surface area contributed by atoms with Gasteiger partial charge in [0.2, 0.25) is 0 Å². The molecule has 0 aromatic heterocycles. The molecule has 1 N–H and O–H groups in total. The van der Waals surface area contributed by atoms with Gasteiger partial charge in [0.05, 0.1) is 0 Å². The maximum absolute atomic E-state index is 12.0. The van der Waals surface area contributed by atoms with E-state index in [1.807, 2.05) is 24.3 Å². The molecule has 23 heavy (non-hydrogen) atoms. The number of hydrogen-bond donors (Lipinski definition) is 1. The lowest BCUT2D eigenvalue weighted by Gasteiger charge is -2.38. The van der Waals surface area contributed by atoms with Crippen LogP contribution in [-0.4, -0.2) is 76.4 Å². The third-order valence-electron chi connectivity index (χ3n) is 4.18. The molecule has 1 aromatic rings. The van der Waals surface area contributed by atoms with Crippen LogP contribution >= 0.6 is 11.6 Å². The number of benzene rings is 1. The van der Waals surface area contributed by atoms with Crippen molar-refractivity contribution < 1.29 is 8.42 Å². The molecule has 1 unspecified atom stereocenters. The van der Waals surface area contributed by atoms with Crippen LogP contribution in [0.4, 0.5) is 0 Å². The molecule has 0 saturated carbocycles. The molecule has 0 bridgehead atoms. The van der Waals surface area contributed by atoms with Gasteiger partial charge in [-0.1, -0.05) is 29.8 Å². The number of nitrogens with zero attached hydrogens (tertiary/aromatic N) is 3. The summed E-state index contributed by atoms with van der Waals surface area (Å²) in [7, 11) is 1.67. The molecular weight excluding hydrogens is 336 g/mol. The zero-order valence-electron chi connectivity index (χ0n) is 13.9. The zero-order valence-corrected chi connectivity index (χ0v) is 15.4. The van der Waals surface area contributed by atoms with Crippen LogP contribution in [0.2, 0.25) is 5.02 Å². The summed E-state index contributed by atoms with van der Waals surface area (Å²) in [5.41, 5.74) is 0.958. The lowest BCUT2D eigenvalue weighted by molar-refractivity contribution is 0.112. The highest BCUT2D eigenvalue weighted by molar-refractivity contribution is 7.87. The van der Waals surface area contributed by atoms with Crippen molar-refractivity contribution in [3.63, 3.8) is 0 Å². The number of halogens is 1.